The number of benzene rings is 4. The number of fused-ring (bicyclic) bond motifs is 8. The highest BCUT2D eigenvalue weighted by atomic mass is 79.9. The number of pyridine rings is 6. The van der Waals surface area contributed by atoms with Crippen LogP contribution < -0.4 is 9.13 Å². The number of rotatable bonds is 12. The summed E-state index contributed by atoms with van der Waals surface area (Å²) in [4.78, 5) is 112. The Hall–Kier alpha value is -6.48. The molecule has 0 spiro atoms. The normalized spacial score (nSPS) is 19.7. The molecule has 10 aliphatic rings. The second-order valence-corrected chi connectivity index (χ2v) is 47.9. The van der Waals surface area contributed by atoms with Crippen LogP contribution in [-0.2, 0) is 107 Å². The van der Waals surface area contributed by atoms with Crippen molar-refractivity contribution >= 4 is 209 Å². The van der Waals surface area contributed by atoms with Crippen LogP contribution in [0.4, 0.5) is 0 Å². The Labute approximate surface area is 909 Å². The number of piperazine rings is 2. The van der Waals surface area contributed by atoms with Crippen molar-refractivity contribution in [3.8, 4) is 0 Å². The van der Waals surface area contributed by atoms with Crippen molar-refractivity contribution in [2.24, 2.45) is 37.8 Å². The van der Waals surface area contributed by atoms with Gasteiger partial charge in [-0.25, -0.2) is 9.13 Å². The van der Waals surface area contributed by atoms with Crippen LogP contribution in [0.15, 0.2) is 182 Å². The van der Waals surface area contributed by atoms with E-state index in [9.17, 15) is 28.8 Å². The zero-order chi connectivity index (χ0) is 98.4. The molecule has 20 nitrogen and oxygen atoms in total. The topological polar surface area (TPSA) is 188 Å². The Kier molecular flexibility index (Phi) is 35.6. The van der Waals surface area contributed by atoms with E-state index in [-0.39, 0.29) is 59.4 Å². The highest BCUT2D eigenvalue weighted by Gasteiger charge is 2.43. The molecule has 4 aromatic carbocycles. The molecule has 736 valence electrons. The third-order valence-corrected chi connectivity index (χ3v) is 35.4. The van der Waals surface area contributed by atoms with Gasteiger partial charge in [-0.1, -0.05) is 110 Å². The van der Waals surface area contributed by atoms with Crippen LogP contribution in [-0.4, -0.2) is 199 Å². The number of likely N-dealkylation sites (tertiary alicyclic amines) is 4. The van der Waals surface area contributed by atoms with Crippen LogP contribution in [0.3, 0.4) is 0 Å². The molecule has 0 saturated carbocycles. The number of nitrogens with zero attached hydrogens (tertiary/aromatic N) is 14. The molecule has 6 aliphatic heterocycles. The average molecular weight is 2490 g/mol. The van der Waals surface area contributed by atoms with E-state index in [4.69, 9.17) is 66.3 Å². The quantitative estimate of drug-likeness (QED) is 0.105. The molecule has 0 bridgehead atoms. The molecule has 6 amide bonds. The maximum atomic E-state index is 13.1. The van der Waals surface area contributed by atoms with Crippen molar-refractivity contribution in [1.29, 1.82) is 0 Å². The first-order valence-electron chi connectivity index (χ1n) is 48.8. The van der Waals surface area contributed by atoms with Gasteiger partial charge >= 0.3 is 0 Å². The summed E-state index contributed by atoms with van der Waals surface area (Å²) in [6.45, 7) is 15.5. The number of carbonyl (C=O) groups is 6. The van der Waals surface area contributed by atoms with Crippen LogP contribution in [0.2, 0.25) is 20.1 Å². The zero-order valence-electron chi connectivity index (χ0n) is 79.2. The van der Waals surface area contributed by atoms with E-state index in [1.807, 2.05) is 151 Å². The first kappa shape index (κ1) is 105. The summed E-state index contributed by atoms with van der Waals surface area (Å²) in [6.07, 6.45) is 32.6. The molecule has 4 atom stereocenters. The summed E-state index contributed by atoms with van der Waals surface area (Å²) in [7, 11) is 3.97. The number of hydrogen-bond donors (Lipinski definition) is 0. The maximum Gasteiger partial charge on any atom is 0.226 e. The molecule has 10 aromatic rings. The van der Waals surface area contributed by atoms with E-state index < -0.39 is 0 Å². The van der Waals surface area contributed by atoms with Crippen molar-refractivity contribution in [2.75, 3.05) is 105 Å². The Morgan fingerprint density at radius 2 is 0.571 bits per heavy atom. The number of aromatic nitrogens is 6. The lowest BCUT2D eigenvalue weighted by Crippen LogP contribution is -2.50. The number of piperidine rings is 4. The lowest BCUT2D eigenvalue weighted by atomic mass is 9.76. The number of carbonyl (C=O) groups excluding carboxylic acids is 6. The Bertz CT molecular complexity index is 5890. The smallest absolute Gasteiger partial charge is 0.226 e. The SMILES string of the molecule is CC(=O)N1CCC(CC(=O)N2CCN([C@@H]3c4ncc(Br)cc4CCc4cc(Cl)cc(Br)c43)CC2)CC1.CC(=O)N1CCC(CC(=O)N2CCN([C@H]3c4ncc(Br)cc4CCc4cc(Cl)cc(Br)c43)CC2)CC1.C[n+]1ccc(CC(=O)N2CCC([C@@H]3c4ncc(Br)cc4CCc4cc(Cl)cc(Br)c43)CC2)cc1.C[n+]1ccc(CC(=O)N2CCC([C@H]3c4ncc(Br)cc4CCc4cc(Cl)cc(Br)c43)CC2)cc1. The van der Waals surface area contributed by atoms with Gasteiger partial charge in [-0.05, 0) is 341 Å². The predicted molar refractivity (Wildman–Crippen MR) is 578 cm³/mol. The van der Waals surface area contributed by atoms with Crippen molar-refractivity contribution < 1.29 is 37.9 Å². The second-order valence-electron chi connectivity index (χ2n) is 39.1. The van der Waals surface area contributed by atoms with Crippen LogP contribution in [0.5, 0.6) is 0 Å². The number of halogens is 12. The number of amides is 6. The molecule has 20 rings (SSSR count). The Balaban J connectivity index is 0.000000129. The van der Waals surface area contributed by atoms with Crippen molar-refractivity contribution in [2.45, 2.75) is 166 Å². The molecular weight excluding hydrogens is 2370 g/mol. The molecule has 0 unspecified atom stereocenters. The summed E-state index contributed by atoms with van der Waals surface area (Å²) in [5.74, 6) is 3.14. The molecular formula is C108H116Br8Cl4N14O6+2. The zero-order valence-corrected chi connectivity index (χ0v) is 94.9. The first-order valence-corrected chi connectivity index (χ1v) is 56.7. The highest BCUT2D eigenvalue weighted by molar-refractivity contribution is 9.11. The Morgan fingerprint density at radius 3 is 0.871 bits per heavy atom. The van der Waals surface area contributed by atoms with E-state index in [2.05, 4.69) is 186 Å². The minimum Gasteiger partial charge on any atom is -0.343 e. The molecule has 32 heteroatoms. The van der Waals surface area contributed by atoms with E-state index in [1.54, 1.807) is 13.8 Å². The predicted octanol–water partition coefficient (Wildman–Crippen LogP) is 22.1. The maximum absolute atomic E-state index is 13.1. The fraction of sp³-hybridized carbons (Fsp3) is 0.444. The van der Waals surface area contributed by atoms with Crippen molar-refractivity contribution in [1.82, 2.24) is 59.1 Å². The van der Waals surface area contributed by atoms with Gasteiger partial charge in [0, 0.05) is 248 Å². The first-order chi connectivity index (χ1) is 67.4. The van der Waals surface area contributed by atoms with Gasteiger partial charge in [-0.2, -0.15) is 0 Å². The third kappa shape index (κ3) is 25.3. The number of aryl methyl sites for hydroxylation is 10. The fourth-order valence-corrected chi connectivity index (χ4v) is 28.7. The van der Waals surface area contributed by atoms with E-state index in [0.29, 0.717) is 75.5 Å². The summed E-state index contributed by atoms with van der Waals surface area (Å²) in [5, 5.41) is 3.01. The van der Waals surface area contributed by atoms with Crippen LogP contribution in [0.25, 0.3) is 0 Å². The molecule has 6 fully saturated rings. The molecule has 4 aliphatic carbocycles. The van der Waals surface area contributed by atoms with Gasteiger partial charge in [0.15, 0.2) is 24.8 Å². The molecule has 12 heterocycles. The van der Waals surface area contributed by atoms with Gasteiger partial charge in [-0.15, -0.1) is 0 Å². The van der Waals surface area contributed by atoms with Gasteiger partial charge < -0.3 is 29.4 Å². The monoisotopic (exact) mass is 2480 g/mol. The average Bonchev–Trinajstić information content (AvgIpc) is 1.58. The van der Waals surface area contributed by atoms with Gasteiger partial charge in [0.25, 0.3) is 0 Å². The fourth-order valence-electron chi connectivity index (χ4n) is 22.7. The molecule has 6 saturated heterocycles. The van der Waals surface area contributed by atoms with Crippen LogP contribution in [0.1, 0.15) is 203 Å². The minimum atomic E-state index is 0.0189. The van der Waals surface area contributed by atoms with E-state index >= 15 is 0 Å². The molecule has 0 N–H and O–H groups in total. The van der Waals surface area contributed by atoms with Crippen LogP contribution in [0, 0.1) is 23.7 Å². The minimum absolute atomic E-state index is 0.0189. The summed E-state index contributed by atoms with van der Waals surface area (Å²) in [6, 6.07) is 33.3. The molecule has 140 heavy (non-hydrogen) atoms. The summed E-state index contributed by atoms with van der Waals surface area (Å²) < 4.78 is 12.2. The van der Waals surface area contributed by atoms with Gasteiger partial charge in [0.1, 0.15) is 14.1 Å². The van der Waals surface area contributed by atoms with Gasteiger partial charge in [0.2, 0.25) is 35.4 Å². The third-order valence-electron chi connectivity index (χ3n) is 30.2. The van der Waals surface area contributed by atoms with E-state index in [0.717, 1.165) is 260 Å². The lowest BCUT2D eigenvalue weighted by Gasteiger charge is -2.40. The standard InChI is InChI=1S/2C27H31Br2ClN4O2.2C27H27Br2ClN3O/c2*1-17(35)32-6-4-18(5-7-32)12-24(36)33-8-10-34(11-9-33)27-25-19(14-22(30)15-23(25)29)2-3-20-13-21(28)16-31-26(20)27;2*1-32-8-4-17(5-9-32)12-24(34)33-10-6-18(7-11-33)26-25-19(14-22(30)15-23(25)29)2-3-20-13-21(28)16-31-27(20)26/h2*13-16,18,27H,2-12H2,1H3;2*4-5,8-9,13-16,18,26H,2-3,6-7,10-12H2,1H3/q;;2*+1/t2*27-;2*26-/m1010/s1. The molecule has 0 radical (unpaired) electrons. The Morgan fingerprint density at radius 1 is 0.314 bits per heavy atom. The van der Waals surface area contributed by atoms with Crippen molar-refractivity contribution in [3.05, 3.63) is 303 Å². The van der Waals surface area contributed by atoms with E-state index in [1.165, 1.54) is 78.1 Å². The highest BCUT2D eigenvalue weighted by Crippen LogP contribution is 2.51. The number of hydrogen-bond acceptors (Lipinski definition) is 12. The molecule has 6 aromatic heterocycles. The van der Waals surface area contributed by atoms with Crippen LogP contribution >= 0.6 is 174 Å². The summed E-state index contributed by atoms with van der Waals surface area (Å²) >= 11 is 55.4. The van der Waals surface area contributed by atoms with Crippen molar-refractivity contribution in [3.63, 3.8) is 0 Å². The second kappa shape index (κ2) is 47.6. The summed E-state index contributed by atoms with van der Waals surface area (Å²) in [5.41, 5.74) is 22.0. The largest absolute Gasteiger partial charge is 0.343 e. The van der Waals surface area contributed by atoms with Gasteiger partial charge in [0.05, 0.1) is 47.7 Å². The lowest BCUT2D eigenvalue weighted by molar-refractivity contribution is -0.671. The van der Waals surface area contributed by atoms with Gasteiger partial charge in [-0.3, -0.25) is 58.5 Å².